The van der Waals surface area contributed by atoms with Crippen molar-refractivity contribution in [2.75, 3.05) is 24.2 Å². The number of anilines is 3. The van der Waals surface area contributed by atoms with E-state index in [1.165, 1.54) is 5.56 Å². The van der Waals surface area contributed by atoms with Crippen LogP contribution in [0.4, 0.5) is 17.3 Å². The number of rotatable bonds is 0. The van der Waals surface area contributed by atoms with E-state index in [1.54, 1.807) is 6.20 Å². The smallest absolute Gasteiger partial charge is 0.228 e. The molecule has 0 atom stereocenters. The predicted octanol–water partition coefficient (Wildman–Crippen LogP) is 4.53. The highest BCUT2D eigenvalue weighted by atomic mass is 16.1. The van der Waals surface area contributed by atoms with Crippen LogP contribution < -0.4 is 10.6 Å². The highest BCUT2D eigenvalue weighted by Gasteiger charge is 2.09. The van der Waals surface area contributed by atoms with Crippen molar-refractivity contribution < 1.29 is 4.79 Å². The highest BCUT2D eigenvalue weighted by Crippen LogP contribution is 2.25. The van der Waals surface area contributed by atoms with Crippen molar-refractivity contribution in [1.82, 2.24) is 14.9 Å². The molecule has 2 heterocycles. The fourth-order valence-electron chi connectivity index (χ4n) is 3.39. The van der Waals surface area contributed by atoms with Gasteiger partial charge in [-0.15, -0.1) is 0 Å². The van der Waals surface area contributed by atoms with E-state index in [2.05, 4.69) is 44.7 Å². The van der Waals surface area contributed by atoms with Crippen LogP contribution in [0, 0.1) is 6.92 Å². The minimum atomic E-state index is -0.0342. The number of aryl methyl sites for hydroxylation is 1. The Kier molecular flexibility index (Phi) is 5.86. The first-order valence-electron chi connectivity index (χ1n) is 10.0. The standard InChI is InChI=1S/C24H25N5O/c1-17-9-10-19-15-22(17)27-23(30)8-3-4-13-29(2)16-18-6-5-7-20(14-18)26-24-25-12-11-21(19)28-24/h3-7,9-12,14-15H,8,13,16H2,1-2H3,(H,27,30)(H,25,26,28)/b4-3+. The molecule has 2 aromatic carbocycles. The van der Waals surface area contributed by atoms with Crippen LogP contribution >= 0.6 is 0 Å². The van der Waals surface area contributed by atoms with E-state index < -0.39 is 0 Å². The van der Waals surface area contributed by atoms with E-state index in [0.29, 0.717) is 12.4 Å². The van der Waals surface area contributed by atoms with Gasteiger partial charge in [0.25, 0.3) is 0 Å². The zero-order chi connectivity index (χ0) is 20.9. The first kappa shape index (κ1) is 19.8. The Morgan fingerprint density at radius 1 is 1.03 bits per heavy atom. The van der Waals surface area contributed by atoms with Crippen molar-refractivity contribution >= 4 is 23.2 Å². The van der Waals surface area contributed by atoms with Crippen molar-refractivity contribution in [1.29, 1.82) is 0 Å². The van der Waals surface area contributed by atoms with Gasteiger partial charge in [0.05, 0.1) is 5.69 Å². The van der Waals surface area contributed by atoms with Crippen LogP contribution in [0.2, 0.25) is 0 Å². The number of aromatic nitrogens is 2. The second kappa shape index (κ2) is 8.88. The number of hydrogen-bond acceptors (Lipinski definition) is 5. The monoisotopic (exact) mass is 399 g/mol. The van der Waals surface area contributed by atoms with Crippen molar-refractivity contribution in [3.8, 4) is 11.3 Å². The quantitative estimate of drug-likeness (QED) is 0.544. The zero-order valence-electron chi connectivity index (χ0n) is 17.2. The number of amides is 1. The molecule has 1 aliphatic heterocycles. The van der Waals surface area contributed by atoms with E-state index in [0.717, 1.165) is 41.3 Å². The maximum atomic E-state index is 12.4. The molecule has 2 N–H and O–H groups in total. The number of nitrogens with one attached hydrogen (secondary N) is 2. The number of carbonyl (C=O) groups excluding carboxylic acids is 1. The number of nitrogens with zero attached hydrogens (tertiary/aromatic N) is 3. The summed E-state index contributed by atoms with van der Waals surface area (Å²) in [6, 6.07) is 16.1. The summed E-state index contributed by atoms with van der Waals surface area (Å²) in [5.41, 5.74) is 5.66. The van der Waals surface area contributed by atoms with Crippen molar-refractivity contribution in [3.05, 3.63) is 78.0 Å². The fraction of sp³-hybridized carbons (Fsp3) is 0.208. The Morgan fingerprint density at radius 2 is 1.93 bits per heavy atom. The van der Waals surface area contributed by atoms with Gasteiger partial charge in [-0.2, -0.15) is 0 Å². The van der Waals surface area contributed by atoms with Gasteiger partial charge in [-0.3, -0.25) is 9.69 Å². The lowest BCUT2D eigenvalue weighted by molar-refractivity contribution is -0.115. The average molecular weight is 399 g/mol. The normalized spacial score (nSPS) is 16.0. The van der Waals surface area contributed by atoms with Gasteiger partial charge in [-0.05, 0) is 49.4 Å². The molecule has 6 bridgehead atoms. The second-order valence-electron chi connectivity index (χ2n) is 7.54. The summed E-state index contributed by atoms with van der Waals surface area (Å²) in [5.74, 6) is 0.501. The van der Waals surface area contributed by atoms with Crippen molar-refractivity contribution in [2.24, 2.45) is 0 Å². The Hall–Kier alpha value is -3.51. The summed E-state index contributed by atoms with van der Waals surface area (Å²) in [7, 11) is 2.06. The molecule has 6 heteroatoms. The summed E-state index contributed by atoms with van der Waals surface area (Å²) < 4.78 is 0. The lowest BCUT2D eigenvalue weighted by Crippen LogP contribution is -2.18. The first-order chi connectivity index (χ1) is 14.6. The van der Waals surface area contributed by atoms with Gasteiger partial charge in [-0.1, -0.05) is 36.4 Å². The minimum Gasteiger partial charge on any atom is -0.326 e. The molecule has 0 fully saturated rings. The topological polar surface area (TPSA) is 70.2 Å². The number of hydrogen-bond donors (Lipinski definition) is 2. The number of likely N-dealkylation sites (N-methyl/N-ethyl adjacent to an activating group) is 1. The molecule has 0 unspecified atom stereocenters. The number of carbonyl (C=O) groups is 1. The molecule has 1 amide bonds. The third-order valence-electron chi connectivity index (χ3n) is 4.99. The third-order valence-corrected chi connectivity index (χ3v) is 4.99. The van der Waals surface area contributed by atoms with Crippen LogP contribution in [0.3, 0.4) is 0 Å². The SMILES string of the molecule is Cc1ccc2cc1NC(=O)C/C=C/CN(C)Cc1cccc(c1)Nc1nccc-2n1. The van der Waals surface area contributed by atoms with Gasteiger partial charge >= 0.3 is 0 Å². The first-order valence-corrected chi connectivity index (χ1v) is 10.0. The minimum absolute atomic E-state index is 0.0342. The molecular formula is C24H25N5O. The van der Waals surface area contributed by atoms with Gasteiger partial charge in [0.1, 0.15) is 0 Å². The van der Waals surface area contributed by atoms with Gasteiger partial charge in [0.15, 0.2) is 0 Å². The van der Waals surface area contributed by atoms with Gasteiger partial charge in [0, 0.05) is 42.6 Å². The summed E-state index contributed by atoms with van der Waals surface area (Å²) in [6.45, 7) is 3.55. The number of fused-ring (bicyclic) bond motifs is 7. The second-order valence-corrected chi connectivity index (χ2v) is 7.54. The van der Waals surface area contributed by atoms with Gasteiger partial charge in [-0.25, -0.2) is 9.97 Å². The van der Waals surface area contributed by atoms with Crippen molar-refractivity contribution in [3.63, 3.8) is 0 Å². The molecule has 0 radical (unpaired) electrons. The molecule has 1 aromatic heterocycles. The summed E-state index contributed by atoms with van der Waals surface area (Å²) in [5, 5.41) is 6.32. The summed E-state index contributed by atoms with van der Waals surface area (Å²) in [4.78, 5) is 23.6. The predicted molar refractivity (Wildman–Crippen MR) is 121 cm³/mol. The third kappa shape index (κ3) is 4.90. The van der Waals surface area contributed by atoms with Crippen LogP contribution in [0.25, 0.3) is 11.3 Å². The van der Waals surface area contributed by atoms with E-state index in [-0.39, 0.29) is 5.91 Å². The van der Waals surface area contributed by atoms with E-state index in [1.807, 2.05) is 55.5 Å². The van der Waals surface area contributed by atoms with Crippen LogP contribution in [-0.2, 0) is 11.3 Å². The van der Waals surface area contributed by atoms with Gasteiger partial charge < -0.3 is 10.6 Å². The maximum absolute atomic E-state index is 12.4. The molecule has 0 saturated heterocycles. The Morgan fingerprint density at radius 3 is 2.83 bits per heavy atom. The Balaban J connectivity index is 1.72. The Bertz CT molecular complexity index is 1090. The molecule has 0 spiro atoms. The molecule has 6 nitrogen and oxygen atoms in total. The Labute approximate surface area is 176 Å². The molecule has 4 rings (SSSR count). The van der Waals surface area contributed by atoms with Gasteiger partial charge in [0.2, 0.25) is 11.9 Å². The van der Waals surface area contributed by atoms with E-state index >= 15 is 0 Å². The average Bonchev–Trinajstić information content (AvgIpc) is 2.73. The van der Waals surface area contributed by atoms with E-state index in [9.17, 15) is 4.79 Å². The van der Waals surface area contributed by atoms with Crippen LogP contribution in [0.5, 0.6) is 0 Å². The number of benzene rings is 2. The molecule has 0 aliphatic carbocycles. The van der Waals surface area contributed by atoms with Crippen LogP contribution in [0.1, 0.15) is 17.5 Å². The largest absolute Gasteiger partial charge is 0.326 e. The zero-order valence-corrected chi connectivity index (χ0v) is 17.2. The van der Waals surface area contributed by atoms with Crippen LogP contribution in [0.15, 0.2) is 66.9 Å². The molecule has 152 valence electrons. The van der Waals surface area contributed by atoms with E-state index in [4.69, 9.17) is 0 Å². The molecule has 3 aromatic rings. The molecular weight excluding hydrogens is 374 g/mol. The summed E-state index contributed by atoms with van der Waals surface area (Å²) in [6.07, 6.45) is 6.04. The molecule has 1 aliphatic rings. The maximum Gasteiger partial charge on any atom is 0.228 e. The molecule has 0 saturated carbocycles. The molecule has 30 heavy (non-hydrogen) atoms. The van der Waals surface area contributed by atoms with Crippen LogP contribution in [-0.4, -0.2) is 34.4 Å². The summed E-state index contributed by atoms with van der Waals surface area (Å²) >= 11 is 0. The van der Waals surface area contributed by atoms with Crippen molar-refractivity contribution in [2.45, 2.75) is 19.9 Å². The lowest BCUT2D eigenvalue weighted by atomic mass is 10.1. The fourth-order valence-corrected chi connectivity index (χ4v) is 3.39. The lowest BCUT2D eigenvalue weighted by Gasteiger charge is -2.16. The highest BCUT2D eigenvalue weighted by molar-refractivity contribution is 5.93.